The van der Waals surface area contributed by atoms with E-state index in [9.17, 15) is 9.59 Å². The van der Waals surface area contributed by atoms with Crippen molar-refractivity contribution in [2.75, 3.05) is 25.5 Å². The number of nitrogens with one attached hydrogen (secondary N) is 2. The minimum atomic E-state index is -0.237. The molecule has 8 heteroatoms. The predicted molar refractivity (Wildman–Crippen MR) is 160 cm³/mol. The van der Waals surface area contributed by atoms with Gasteiger partial charge in [-0.2, -0.15) is 0 Å². The Bertz CT molecular complexity index is 1370. The van der Waals surface area contributed by atoms with Crippen LogP contribution in [0.5, 0.6) is 0 Å². The molecule has 3 aromatic rings. The van der Waals surface area contributed by atoms with Crippen LogP contribution in [0.4, 0.5) is 5.69 Å². The maximum atomic E-state index is 13.6. The molecule has 4 rings (SSSR count). The smallest absolute Gasteiger partial charge is 0.251 e. The van der Waals surface area contributed by atoms with Gasteiger partial charge in [-0.25, -0.2) is 0 Å². The quantitative estimate of drug-likeness (QED) is 0.355. The van der Waals surface area contributed by atoms with Gasteiger partial charge in [-0.15, -0.1) is 0 Å². The molecule has 0 unspecified atom stereocenters. The molecular formula is C31H40ClN5O2. The Morgan fingerprint density at radius 1 is 1.05 bits per heavy atom. The summed E-state index contributed by atoms with van der Waals surface area (Å²) in [7, 11) is 4.32. The fourth-order valence-electron chi connectivity index (χ4n) is 5.66. The highest BCUT2D eigenvalue weighted by Gasteiger charge is 2.28. The average Bonchev–Trinajstić information content (AvgIpc) is 2.90. The Labute approximate surface area is 236 Å². The van der Waals surface area contributed by atoms with Crippen molar-refractivity contribution >= 4 is 23.2 Å². The SMILES string of the molecule is CCN(c1cc(-c2ccc(C)nc2)cc(C(=O)NCc2c(Cl)[nH]c(C)cc2=O)c1C)C1CCC(N(C)C)CC1. The highest BCUT2D eigenvalue weighted by atomic mass is 35.5. The number of carbonyl (C=O) groups excluding carboxylic acids is 1. The fraction of sp³-hybridized carbons (Fsp3) is 0.452. The van der Waals surface area contributed by atoms with E-state index in [2.05, 4.69) is 52.2 Å². The number of anilines is 1. The second kappa shape index (κ2) is 12.3. The summed E-state index contributed by atoms with van der Waals surface area (Å²) in [5, 5.41) is 3.20. The molecular weight excluding hydrogens is 510 g/mol. The average molecular weight is 550 g/mol. The molecule has 0 atom stereocenters. The van der Waals surface area contributed by atoms with E-state index in [1.807, 2.05) is 38.2 Å². The van der Waals surface area contributed by atoms with E-state index in [4.69, 9.17) is 11.6 Å². The summed E-state index contributed by atoms with van der Waals surface area (Å²) >= 11 is 6.29. The first-order valence-corrected chi connectivity index (χ1v) is 14.1. The number of H-pyrrole nitrogens is 1. The first-order chi connectivity index (χ1) is 18.6. The lowest BCUT2D eigenvalue weighted by atomic mass is 9.88. The van der Waals surface area contributed by atoms with E-state index >= 15 is 0 Å². The second-order valence-corrected chi connectivity index (χ2v) is 11.2. The third-order valence-electron chi connectivity index (χ3n) is 8.00. The number of rotatable bonds is 8. The lowest BCUT2D eigenvalue weighted by Crippen LogP contribution is -2.42. The molecule has 2 aromatic heterocycles. The molecule has 1 amide bonds. The highest BCUT2D eigenvalue weighted by molar-refractivity contribution is 6.30. The number of carbonyl (C=O) groups is 1. The van der Waals surface area contributed by atoms with Gasteiger partial charge in [-0.1, -0.05) is 17.7 Å². The molecule has 1 saturated carbocycles. The summed E-state index contributed by atoms with van der Waals surface area (Å²) in [5.74, 6) is -0.237. The van der Waals surface area contributed by atoms with Crippen molar-refractivity contribution in [3.05, 3.63) is 80.0 Å². The topological polar surface area (TPSA) is 81.3 Å². The molecule has 1 aromatic carbocycles. The molecule has 0 spiro atoms. The molecule has 0 saturated heterocycles. The first kappa shape index (κ1) is 28.8. The van der Waals surface area contributed by atoms with Crippen molar-refractivity contribution in [2.45, 2.75) is 72.0 Å². The van der Waals surface area contributed by atoms with Crippen molar-refractivity contribution in [1.82, 2.24) is 20.2 Å². The van der Waals surface area contributed by atoms with Gasteiger partial charge < -0.3 is 20.1 Å². The largest absolute Gasteiger partial charge is 0.369 e. The molecule has 0 bridgehead atoms. The number of aryl methyl sites for hydroxylation is 2. The molecule has 1 aliphatic carbocycles. The molecule has 2 heterocycles. The first-order valence-electron chi connectivity index (χ1n) is 13.8. The van der Waals surface area contributed by atoms with Gasteiger partial charge >= 0.3 is 0 Å². The number of aromatic amines is 1. The Morgan fingerprint density at radius 3 is 2.33 bits per heavy atom. The summed E-state index contributed by atoms with van der Waals surface area (Å²) in [6.45, 7) is 8.83. The Hall–Kier alpha value is -3.16. The van der Waals surface area contributed by atoms with Crippen LogP contribution >= 0.6 is 11.6 Å². The van der Waals surface area contributed by atoms with Crippen molar-refractivity contribution < 1.29 is 4.79 Å². The fourth-order valence-corrected chi connectivity index (χ4v) is 5.96. The number of halogens is 1. The third-order valence-corrected chi connectivity index (χ3v) is 8.32. The normalized spacial score (nSPS) is 17.3. The Kier molecular flexibility index (Phi) is 9.13. The van der Waals surface area contributed by atoms with Crippen LogP contribution in [-0.4, -0.2) is 53.5 Å². The number of benzene rings is 1. The summed E-state index contributed by atoms with van der Waals surface area (Å²) in [4.78, 5) is 38.4. The minimum Gasteiger partial charge on any atom is -0.369 e. The van der Waals surface area contributed by atoms with Crippen LogP contribution < -0.4 is 15.6 Å². The number of aromatic nitrogens is 2. The van der Waals surface area contributed by atoms with Crippen molar-refractivity contribution in [3.8, 4) is 11.1 Å². The Morgan fingerprint density at radius 2 is 1.74 bits per heavy atom. The van der Waals surface area contributed by atoms with Crippen LogP contribution in [-0.2, 0) is 6.54 Å². The van der Waals surface area contributed by atoms with Gasteiger partial charge in [0, 0.05) is 65.6 Å². The molecule has 39 heavy (non-hydrogen) atoms. The van der Waals surface area contributed by atoms with Gasteiger partial charge in [0.1, 0.15) is 5.15 Å². The van der Waals surface area contributed by atoms with E-state index in [1.54, 1.807) is 6.92 Å². The van der Waals surface area contributed by atoms with Crippen LogP contribution in [0.25, 0.3) is 11.1 Å². The van der Waals surface area contributed by atoms with E-state index < -0.39 is 0 Å². The zero-order chi connectivity index (χ0) is 28.3. The molecule has 0 radical (unpaired) electrons. The zero-order valence-corrected chi connectivity index (χ0v) is 24.7. The monoisotopic (exact) mass is 549 g/mol. The van der Waals surface area contributed by atoms with Crippen LogP contribution in [0.1, 0.15) is 65.5 Å². The number of nitrogens with zero attached hydrogens (tertiary/aromatic N) is 3. The van der Waals surface area contributed by atoms with Gasteiger partial charge in [0.2, 0.25) is 0 Å². The van der Waals surface area contributed by atoms with E-state index in [0.717, 1.165) is 60.3 Å². The molecule has 2 N–H and O–H groups in total. The van der Waals surface area contributed by atoms with Crippen molar-refractivity contribution in [3.63, 3.8) is 0 Å². The standard InChI is InChI=1S/C31H40ClN5O2/c1-7-37(25-12-10-24(11-13-25)36(5)6)28-16-23(22-9-8-19(2)33-17-22)15-26(21(28)4)31(39)34-18-27-29(38)14-20(3)35-30(27)32/h8-9,14-17,24-25H,7,10-13,18H2,1-6H3,(H,34,39)(H,35,38). The van der Waals surface area contributed by atoms with E-state index in [-0.39, 0.29) is 23.0 Å². The number of amides is 1. The van der Waals surface area contributed by atoms with Gasteiger partial charge in [0.25, 0.3) is 5.91 Å². The van der Waals surface area contributed by atoms with Crippen LogP contribution in [0.2, 0.25) is 5.15 Å². The molecule has 1 fully saturated rings. The Balaban J connectivity index is 1.70. The zero-order valence-electron chi connectivity index (χ0n) is 23.9. The number of pyridine rings is 2. The summed E-state index contributed by atoms with van der Waals surface area (Å²) in [6.07, 6.45) is 6.41. The number of hydrogen-bond acceptors (Lipinski definition) is 5. The van der Waals surface area contributed by atoms with Gasteiger partial charge in [0.05, 0.1) is 5.56 Å². The number of hydrogen-bond donors (Lipinski definition) is 2. The van der Waals surface area contributed by atoms with Crippen molar-refractivity contribution in [1.29, 1.82) is 0 Å². The predicted octanol–water partition coefficient (Wildman–Crippen LogP) is 5.64. The minimum absolute atomic E-state index is 0.0460. The summed E-state index contributed by atoms with van der Waals surface area (Å²) < 4.78 is 0. The molecule has 1 aliphatic rings. The molecule has 208 valence electrons. The van der Waals surface area contributed by atoms with Crippen LogP contribution in [0, 0.1) is 20.8 Å². The maximum absolute atomic E-state index is 13.6. The lowest BCUT2D eigenvalue weighted by molar-refractivity contribution is 0.0950. The van der Waals surface area contributed by atoms with Gasteiger partial charge in [-0.3, -0.25) is 14.6 Å². The molecule has 0 aliphatic heterocycles. The van der Waals surface area contributed by atoms with Gasteiger partial charge in [0.15, 0.2) is 5.43 Å². The van der Waals surface area contributed by atoms with Crippen LogP contribution in [0.3, 0.4) is 0 Å². The second-order valence-electron chi connectivity index (χ2n) is 10.9. The van der Waals surface area contributed by atoms with E-state index in [0.29, 0.717) is 28.9 Å². The lowest BCUT2D eigenvalue weighted by Gasteiger charge is -2.40. The summed E-state index contributed by atoms with van der Waals surface area (Å²) in [6, 6.07) is 10.7. The molecule has 7 nitrogen and oxygen atoms in total. The maximum Gasteiger partial charge on any atom is 0.251 e. The van der Waals surface area contributed by atoms with E-state index in [1.165, 1.54) is 6.07 Å². The van der Waals surface area contributed by atoms with Crippen LogP contribution in [0.15, 0.2) is 41.3 Å². The van der Waals surface area contributed by atoms with Crippen molar-refractivity contribution in [2.24, 2.45) is 0 Å². The summed E-state index contributed by atoms with van der Waals surface area (Å²) in [5.41, 5.74) is 6.26. The van der Waals surface area contributed by atoms with Gasteiger partial charge in [-0.05, 0) is 96.8 Å². The highest BCUT2D eigenvalue weighted by Crippen LogP contribution is 2.35. The third kappa shape index (κ3) is 6.53.